The molecule has 0 aliphatic rings. The first kappa shape index (κ1) is 12.6. The van der Waals surface area contributed by atoms with Crippen molar-refractivity contribution in [1.29, 1.82) is 0 Å². The Morgan fingerprint density at radius 3 is 2.69 bits per heavy atom. The van der Waals surface area contributed by atoms with Gasteiger partial charge < -0.3 is 10.6 Å². The molecule has 16 heavy (non-hydrogen) atoms. The van der Waals surface area contributed by atoms with Gasteiger partial charge in [0.1, 0.15) is 0 Å². The number of hydrogen-bond acceptors (Lipinski definition) is 2. The molecule has 1 aromatic rings. The third-order valence-corrected chi connectivity index (χ3v) is 2.01. The first-order valence-corrected chi connectivity index (χ1v) is 5.04. The van der Waals surface area contributed by atoms with Crippen molar-refractivity contribution >= 4 is 5.91 Å². The summed E-state index contributed by atoms with van der Waals surface area (Å²) in [4.78, 5) is 11.2. The second kappa shape index (κ2) is 6.17. The van der Waals surface area contributed by atoms with E-state index in [0.29, 0.717) is 12.1 Å². The molecule has 0 aliphatic carbocycles. The second-order valence-electron chi connectivity index (χ2n) is 3.31. The normalized spacial score (nSPS) is 10.2. The van der Waals surface area contributed by atoms with E-state index >= 15 is 0 Å². The van der Waals surface area contributed by atoms with Crippen molar-refractivity contribution in [2.45, 2.75) is 13.5 Å². The molecule has 5 heteroatoms. The van der Waals surface area contributed by atoms with E-state index in [9.17, 15) is 13.6 Å². The Bertz CT molecular complexity index is 369. The number of halogens is 2. The van der Waals surface area contributed by atoms with Crippen molar-refractivity contribution in [3.05, 3.63) is 35.4 Å². The number of carbonyl (C=O) groups excluding carboxylic acids is 1. The number of rotatable bonds is 5. The standard InChI is InChI=1S/C11H14F2N2O/c1-2-14-7-11(16)15-6-8-3-4-9(12)10(13)5-8/h3-5,14H,2,6-7H2,1H3,(H,15,16). The molecule has 1 rings (SSSR count). The number of benzene rings is 1. The van der Waals surface area contributed by atoms with Crippen LogP contribution in [0.4, 0.5) is 8.78 Å². The van der Waals surface area contributed by atoms with Crippen molar-refractivity contribution in [1.82, 2.24) is 10.6 Å². The summed E-state index contributed by atoms with van der Waals surface area (Å²) < 4.78 is 25.4. The molecule has 0 bridgehead atoms. The molecular formula is C11H14F2N2O. The van der Waals surface area contributed by atoms with E-state index in [2.05, 4.69) is 10.6 Å². The summed E-state index contributed by atoms with van der Waals surface area (Å²) in [6, 6.07) is 3.55. The monoisotopic (exact) mass is 228 g/mol. The van der Waals surface area contributed by atoms with Gasteiger partial charge in [0.25, 0.3) is 0 Å². The third kappa shape index (κ3) is 3.94. The molecule has 1 aromatic carbocycles. The average molecular weight is 228 g/mol. The van der Waals surface area contributed by atoms with Crippen LogP contribution in [0.1, 0.15) is 12.5 Å². The Morgan fingerprint density at radius 2 is 2.06 bits per heavy atom. The topological polar surface area (TPSA) is 41.1 Å². The number of likely N-dealkylation sites (N-methyl/N-ethyl adjacent to an activating group) is 1. The van der Waals surface area contributed by atoms with Gasteiger partial charge in [-0.2, -0.15) is 0 Å². The van der Waals surface area contributed by atoms with E-state index in [1.165, 1.54) is 6.07 Å². The van der Waals surface area contributed by atoms with Crippen molar-refractivity contribution in [2.75, 3.05) is 13.1 Å². The van der Waals surface area contributed by atoms with E-state index in [4.69, 9.17) is 0 Å². The predicted octanol–water partition coefficient (Wildman–Crippen LogP) is 1.19. The summed E-state index contributed by atoms with van der Waals surface area (Å²) in [6.07, 6.45) is 0. The highest BCUT2D eigenvalue weighted by molar-refractivity contribution is 5.77. The first-order chi connectivity index (χ1) is 7.63. The number of nitrogens with one attached hydrogen (secondary N) is 2. The lowest BCUT2D eigenvalue weighted by molar-refractivity contribution is -0.120. The molecule has 0 atom stereocenters. The van der Waals surface area contributed by atoms with Crippen molar-refractivity contribution in [3.63, 3.8) is 0 Å². The smallest absolute Gasteiger partial charge is 0.234 e. The van der Waals surface area contributed by atoms with Gasteiger partial charge in [-0.1, -0.05) is 13.0 Å². The highest BCUT2D eigenvalue weighted by atomic mass is 19.2. The summed E-state index contributed by atoms with van der Waals surface area (Å²) in [5, 5.41) is 5.45. The zero-order chi connectivity index (χ0) is 12.0. The fourth-order valence-corrected chi connectivity index (χ4v) is 1.15. The van der Waals surface area contributed by atoms with Gasteiger partial charge in [-0.15, -0.1) is 0 Å². The summed E-state index contributed by atoms with van der Waals surface area (Å²) >= 11 is 0. The van der Waals surface area contributed by atoms with Crippen LogP contribution in [0, 0.1) is 11.6 Å². The Balaban J connectivity index is 2.42. The molecule has 0 unspecified atom stereocenters. The summed E-state index contributed by atoms with van der Waals surface area (Å²) in [7, 11) is 0. The fourth-order valence-electron chi connectivity index (χ4n) is 1.15. The van der Waals surface area contributed by atoms with Gasteiger partial charge in [-0.3, -0.25) is 4.79 Å². The van der Waals surface area contributed by atoms with Crippen molar-refractivity contribution < 1.29 is 13.6 Å². The van der Waals surface area contributed by atoms with E-state index in [0.717, 1.165) is 12.1 Å². The number of amides is 1. The molecule has 0 saturated heterocycles. The van der Waals surface area contributed by atoms with Crippen LogP contribution in [0.2, 0.25) is 0 Å². The first-order valence-electron chi connectivity index (χ1n) is 5.04. The van der Waals surface area contributed by atoms with E-state index in [-0.39, 0.29) is 19.0 Å². The quantitative estimate of drug-likeness (QED) is 0.794. The molecule has 3 nitrogen and oxygen atoms in total. The van der Waals surface area contributed by atoms with Crippen LogP contribution in [-0.2, 0) is 11.3 Å². The summed E-state index contributed by atoms with van der Waals surface area (Å²) in [5.74, 6) is -1.97. The maximum Gasteiger partial charge on any atom is 0.234 e. The van der Waals surface area contributed by atoms with Gasteiger partial charge in [0.2, 0.25) is 5.91 Å². The summed E-state index contributed by atoms with van der Waals surface area (Å²) in [5.41, 5.74) is 0.531. The van der Waals surface area contributed by atoms with Gasteiger partial charge in [0.15, 0.2) is 11.6 Å². The van der Waals surface area contributed by atoms with E-state index in [1.807, 2.05) is 6.92 Å². The molecule has 0 aliphatic heterocycles. The highest BCUT2D eigenvalue weighted by Crippen LogP contribution is 2.08. The van der Waals surface area contributed by atoms with Crippen LogP contribution in [0.15, 0.2) is 18.2 Å². The molecule has 1 amide bonds. The molecule has 2 N–H and O–H groups in total. The zero-order valence-corrected chi connectivity index (χ0v) is 9.02. The number of hydrogen-bond donors (Lipinski definition) is 2. The Hall–Kier alpha value is -1.49. The molecule has 0 fully saturated rings. The van der Waals surface area contributed by atoms with Crippen LogP contribution in [0.5, 0.6) is 0 Å². The molecular weight excluding hydrogens is 214 g/mol. The lowest BCUT2D eigenvalue weighted by atomic mass is 10.2. The maximum atomic E-state index is 12.8. The molecule has 0 heterocycles. The lowest BCUT2D eigenvalue weighted by Crippen LogP contribution is -2.33. The highest BCUT2D eigenvalue weighted by Gasteiger charge is 2.04. The predicted molar refractivity (Wildman–Crippen MR) is 56.7 cm³/mol. The van der Waals surface area contributed by atoms with Gasteiger partial charge in [-0.25, -0.2) is 8.78 Å². The second-order valence-corrected chi connectivity index (χ2v) is 3.31. The van der Waals surface area contributed by atoms with E-state index in [1.54, 1.807) is 0 Å². The molecule has 0 radical (unpaired) electrons. The van der Waals surface area contributed by atoms with Gasteiger partial charge >= 0.3 is 0 Å². The summed E-state index contributed by atoms with van der Waals surface area (Å²) in [6.45, 7) is 3.02. The van der Waals surface area contributed by atoms with Gasteiger partial charge in [0, 0.05) is 6.54 Å². The minimum absolute atomic E-state index is 0.174. The SMILES string of the molecule is CCNCC(=O)NCc1ccc(F)c(F)c1. The van der Waals surface area contributed by atoms with Gasteiger partial charge in [-0.05, 0) is 24.2 Å². The Morgan fingerprint density at radius 1 is 1.31 bits per heavy atom. The van der Waals surface area contributed by atoms with Crippen LogP contribution in [-0.4, -0.2) is 19.0 Å². The Kier molecular flexibility index (Phi) is 4.85. The van der Waals surface area contributed by atoms with Crippen LogP contribution < -0.4 is 10.6 Å². The van der Waals surface area contributed by atoms with Gasteiger partial charge in [0.05, 0.1) is 6.54 Å². The average Bonchev–Trinajstić information content (AvgIpc) is 2.28. The molecule has 88 valence electrons. The van der Waals surface area contributed by atoms with Crippen LogP contribution in [0.3, 0.4) is 0 Å². The van der Waals surface area contributed by atoms with Crippen molar-refractivity contribution in [2.24, 2.45) is 0 Å². The molecule has 0 spiro atoms. The largest absolute Gasteiger partial charge is 0.351 e. The van der Waals surface area contributed by atoms with E-state index < -0.39 is 11.6 Å². The minimum atomic E-state index is -0.904. The van der Waals surface area contributed by atoms with Crippen LogP contribution in [0.25, 0.3) is 0 Å². The number of carbonyl (C=O) groups is 1. The van der Waals surface area contributed by atoms with Crippen molar-refractivity contribution in [3.8, 4) is 0 Å². The maximum absolute atomic E-state index is 12.8. The third-order valence-electron chi connectivity index (χ3n) is 2.01. The molecule has 0 saturated carbocycles. The Labute approximate surface area is 92.8 Å². The minimum Gasteiger partial charge on any atom is -0.351 e. The molecule has 0 aromatic heterocycles. The zero-order valence-electron chi connectivity index (χ0n) is 9.02. The fraction of sp³-hybridized carbons (Fsp3) is 0.364. The van der Waals surface area contributed by atoms with Crippen LogP contribution >= 0.6 is 0 Å². The lowest BCUT2D eigenvalue weighted by Gasteiger charge is -2.05.